The zero-order valence-electron chi connectivity index (χ0n) is 35.8. The van der Waals surface area contributed by atoms with Gasteiger partial charge in [-0.25, -0.2) is 8.78 Å². The predicted molar refractivity (Wildman–Crippen MR) is 237 cm³/mol. The van der Waals surface area contributed by atoms with E-state index in [4.69, 9.17) is 9.47 Å². The molecular formula is C53H56F2O4. The van der Waals surface area contributed by atoms with Gasteiger partial charge in [0.15, 0.2) is 0 Å². The highest BCUT2D eigenvalue weighted by Gasteiger charge is 2.34. The van der Waals surface area contributed by atoms with Crippen LogP contribution in [0.2, 0.25) is 0 Å². The van der Waals surface area contributed by atoms with Crippen LogP contribution >= 0.6 is 0 Å². The van der Waals surface area contributed by atoms with Gasteiger partial charge >= 0.3 is 0 Å². The quantitative estimate of drug-likeness (QED) is 0.174. The number of phenols is 2. The third-order valence-corrected chi connectivity index (χ3v) is 11.8. The highest BCUT2D eigenvalue weighted by Crippen LogP contribution is 2.48. The minimum Gasteiger partial charge on any atom is -0.507 e. The Kier molecular flexibility index (Phi) is 11.2. The molecule has 1 aliphatic rings. The van der Waals surface area contributed by atoms with E-state index < -0.39 is 22.5 Å². The summed E-state index contributed by atoms with van der Waals surface area (Å²) in [5.74, 6) is 0.213. The molecule has 0 radical (unpaired) electrons. The minimum absolute atomic E-state index is 0.0174. The molecule has 0 fully saturated rings. The number of fused-ring (bicyclic) bond motifs is 14. The van der Waals surface area contributed by atoms with E-state index in [0.717, 1.165) is 33.4 Å². The second-order valence-corrected chi connectivity index (χ2v) is 18.7. The van der Waals surface area contributed by atoms with Gasteiger partial charge in [-0.2, -0.15) is 0 Å². The second kappa shape index (κ2) is 15.9. The van der Waals surface area contributed by atoms with Crippen LogP contribution in [0.15, 0.2) is 109 Å². The summed E-state index contributed by atoms with van der Waals surface area (Å²) in [5, 5.41) is 24.1. The third kappa shape index (κ3) is 8.59. The molecule has 6 aromatic rings. The average Bonchev–Trinajstić information content (AvgIpc) is 3.18. The Hall–Kier alpha value is -5.62. The van der Waals surface area contributed by atoms with Gasteiger partial charge in [-0.1, -0.05) is 135 Å². The number of halogens is 2. The molecular weight excluding hydrogens is 739 g/mol. The van der Waals surface area contributed by atoms with Gasteiger partial charge in [-0.3, -0.25) is 0 Å². The Morgan fingerprint density at radius 3 is 1.47 bits per heavy atom. The van der Waals surface area contributed by atoms with Crippen molar-refractivity contribution in [1.82, 2.24) is 0 Å². The molecule has 0 saturated heterocycles. The molecule has 0 aliphatic carbocycles. The maximum atomic E-state index is 15.8. The molecule has 0 aromatic heterocycles. The van der Waals surface area contributed by atoms with Crippen molar-refractivity contribution in [2.24, 2.45) is 0 Å². The van der Waals surface area contributed by atoms with E-state index in [1.807, 2.05) is 48.5 Å². The standard InChI is InChI=1S/C53H56F2O4/c1-32(2)33-21-34-24-37(22-33)52(6,7)31-53(8,9)38-25-35(23-36(26-38)51(3,4)5)44-28-40(55)30-46(50(44)57)42-16-11-13-18-48(42)59-20-14-19-58-47-17-12-10-15-41(47)45-29-39(54)27-43(34)49(45)56/h10-13,15-18,21-30,32,56-57H,14,19-20,31H2,1-9H3. The number of ether oxygens (including phenoxy) is 2. The van der Waals surface area contributed by atoms with Crippen molar-refractivity contribution in [2.75, 3.05) is 13.2 Å². The van der Waals surface area contributed by atoms with Crippen molar-refractivity contribution in [2.45, 2.75) is 97.3 Å². The van der Waals surface area contributed by atoms with Crippen LogP contribution in [0.3, 0.4) is 0 Å². The number of aromatic hydroxyl groups is 2. The van der Waals surface area contributed by atoms with Crippen LogP contribution in [0.4, 0.5) is 8.78 Å². The van der Waals surface area contributed by atoms with Gasteiger partial charge in [0.2, 0.25) is 0 Å². The van der Waals surface area contributed by atoms with Crippen LogP contribution in [0.25, 0.3) is 44.5 Å². The van der Waals surface area contributed by atoms with E-state index in [2.05, 4.69) is 98.7 Å². The van der Waals surface area contributed by atoms with E-state index >= 15 is 8.78 Å². The maximum Gasteiger partial charge on any atom is 0.131 e. The van der Waals surface area contributed by atoms with Crippen LogP contribution in [0, 0.1) is 11.6 Å². The van der Waals surface area contributed by atoms with Crippen LogP contribution < -0.4 is 9.47 Å². The largest absolute Gasteiger partial charge is 0.507 e. The maximum absolute atomic E-state index is 15.8. The minimum atomic E-state index is -0.462. The molecule has 6 heteroatoms. The summed E-state index contributed by atoms with van der Waals surface area (Å²) in [6, 6.07) is 33.0. The summed E-state index contributed by atoms with van der Waals surface area (Å²) in [5.41, 5.74) is 7.31. The Morgan fingerprint density at radius 1 is 0.559 bits per heavy atom. The van der Waals surface area contributed by atoms with Crippen LogP contribution in [0.5, 0.6) is 23.0 Å². The first kappa shape index (κ1) is 41.5. The highest BCUT2D eigenvalue weighted by molar-refractivity contribution is 5.86. The van der Waals surface area contributed by atoms with Crippen LogP contribution in [-0.4, -0.2) is 23.4 Å². The summed E-state index contributed by atoms with van der Waals surface area (Å²) in [6.07, 6.45) is 1.20. The van der Waals surface area contributed by atoms with Gasteiger partial charge in [0.05, 0.1) is 13.2 Å². The molecule has 7 rings (SSSR count). The molecule has 1 aliphatic heterocycles. The predicted octanol–water partition coefficient (Wildman–Crippen LogP) is 14.3. The van der Waals surface area contributed by atoms with Crippen molar-refractivity contribution in [3.63, 3.8) is 0 Å². The van der Waals surface area contributed by atoms with Crippen molar-refractivity contribution < 1.29 is 28.5 Å². The molecule has 1 heterocycles. The summed E-state index contributed by atoms with van der Waals surface area (Å²) >= 11 is 0. The number of benzene rings is 6. The molecule has 0 unspecified atom stereocenters. The van der Waals surface area contributed by atoms with Gasteiger partial charge in [0.1, 0.15) is 34.6 Å². The van der Waals surface area contributed by atoms with E-state index in [1.54, 1.807) is 0 Å². The highest BCUT2D eigenvalue weighted by atomic mass is 19.1. The van der Waals surface area contributed by atoms with E-state index in [-0.39, 0.29) is 36.0 Å². The van der Waals surface area contributed by atoms with E-state index in [1.165, 1.54) is 24.3 Å². The molecule has 306 valence electrons. The van der Waals surface area contributed by atoms with Gasteiger partial charge in [0.25, 0.3) is 0 Å². The normalized spacial score (nSPS) is 15.3. The summed E-state index contributed by atoms with van der Waals surface area (Å²) in [4.78, 5) is 0. The number of rotatable bonds is 1. The first-order valence-corrected chi connectivity index (χ1v) is 20.6. The first-order valence-electron chi connectivity index (χ1n) is 20.6. The van der Waals surface area contributed by atoms with Gasteiger partial charge in [-0.05, 0) is 98.4 Å². The Labute approximate surface area is 348 Å². The van der Waals surface area contributed by atoms with Crippen molar-refractivity contribution in [1.29, 1.82) is 0 Å². The molecule has 0 atom stereocenters. The van der Waals surface area contributed by atoms with Crippen molar-refractivity contribution in [3.8, 4) is 67.5 Å². The third-order valence-electron chi connectivity index (χ3n) is 11.8. The fourth-order valence-corrected chi connectivity index (χ4v) is 8.55. The molecule has 4 nitrogen and oxygen atoms in total. The lowest BCUT2D eigenvalue weighted by molar-refractivity contribution is 0.248. The molecule has 0 spiro atoms. The number of phenolic OH excluding ortho intramolecular Hbond substituents is 2. The summed E-state index contributed by atoms with van der Waals surface area (Å²) in [7, 11) is 0. The number of para-hydroxylation sites is 2. The number of hydrogen-bond acceptors (Lipinski definition) is 4. The van der Waals surface area contributed by atoms with Crippen LogP contribution in [-0.2, 0) is 16.2 Å². The Bertz CT molecular complexity index is 2520. The summed E-state index contributed by atoms with van der Waals surface area (Å²) < 4.78 is 44.1. The fourth-order valence-electron chi connectivity index (χ4n) is 8.55. The zero-order chi connectivity index (χ0) is 42.4. The SMILES string of the molecule is CC(C)c1cc2cc(c1)C(C)(C)CC(C)(C)c1cc(cc(C(C)(C)C)c1)-c1cc(F)cc(c1O)-c1ccccc1OCCCOc1ccccc1-c1cc(F)cc-2c1O. The second-order valence-electron chi connectivity index (χ2n) is 18.7. The van der Waals surface area contributed by atoms with Crippen LogP contribution in [0.1, 0.15) is 103 Å². The molecule has 6 aromatic carbocycles. The molecule has 0 saturated carbocycles. The molecule has 2 N–H and O–H groups in total. The monoisotopic (exact) mass is 794 g/mol. The fraction of sp³-hybridized carbons (Fsp3) is 0.321. The van der Waals surface area contributed by atoms with E-state index in [9.17, 15) is 10.2 Å². The van der Waals surface area contributed by atoms with Gasteiger partial charge in [0, 0.05) is 39.8 Å². The first-order chi connectivity index (χ1) is 27.8. The lowest BCUT2D eigenvalue weighted by Crippen LogP contribution is -2.30. The van der Waals surface area contributed by atoms with Crippen molar-refractivity contribution in [3.05, 3.63) is 143 Å². The molecule has 59 heavy (non-hydrogen) atoms. The summed E-state index contributed by atoms with van der Waals surface area (Å²) in [6.45, 7) is 20.2. The zero-order valence-corrected chi connectivity index (χ0v) is 35.8. The topological polar surface area (TPSA) is 58.9 Å². The van der Waals surface area contributed by atoms with Gasteiger partial charge in [-0.15, -0.1) is 0 Å². The molecule has 0 amide bonds. The smallest absolute Gasteiger partial charge is 0.131 e. The number of hydrogen-bond donors (Lipinski definition) is 2. The van der Waals surface area contributed by atoms with Gasteiger partial charge < -0.3 is 19.7 Å². The average molecular weight is 795 g/mol. The van der Waals surface area contributed by atoms with E-state index in [0.29, 0.717) is 57.7 Å². The molecule has 8 bridgehead atoms. The lowest BCUT2D eigenvalue weighted by atomic mass is 9.67. The Morgan fingerprint density at radius 2 is 1.00 bits per heavy atom. The lowest BCUT2D eigenvalue weighted by Gasteiger charge is -2.37. The Balaban J connectivity index is 1.45. The van der Waals surface area contributed by atoms with Crippen molar-refractivity contribution >= 4 is 0 Å².